The Kier molecular flexibility index (Phi) is 16.0. The highest BCUT2D eigenvalue weighted by atomic mass is 32.1. The molecule has 4 aromatic carbocycles. The first-order chi connectivity index (χ1) is 17.7. The Labute approximate surface area is 228 Å². The molecule has 194 valence electrons. The van der Waals surface area contributed by atoms with Crippen molar-refractivity contribution in [2.24, 2.45) is 0 Å². The topological polar surface area (TPSA) is 0 Å². The van der Waals surface area contributed by atoms with Crippen LogP contribution in [0.25, 0.3) is 0 Å². The highest BCUT2D eigenvalue weighted by Gasteiger charge is 1.85. The van der Waals surface area contributed by atoms with Crippen LogP contribution < -0.4 is 0 Å². The first-order valence-electron chi connectivity index (χ1n) is 12.4. The largest absolute Gasteiger partial charge is 0.207 e. The van der Waals surface area contributed by atoms with Crippen LogP contribution in [-0.2, 0) is 0 Å². The Hall–Kier alpha value is -3.49. The number of halogens is 1. The van der Waals surface area contributed by atoms with Crippen molar-refractivity contribution >= 4 is 11.3 Å². The van der Waals surface area contributed by atoms with Crippen LogP contribution in [-0.4, -0.2) is 0 Å². The van der Waals surface area contributed by atoms with Gasteiger partial charge in [-0.15, -0.1) is 0 Å². The van der Waals surface area contributed by atoms with Gasteiger partial charge in [0.05, 0.1) is 0 Å². The maximum absolute atomic E-state index is 12.2. The summed E-state index contributed by atoms with van der Waals surface area (Å²) in [5.41, 5.74) is 8.96. The van der Waals surface area contributed by atoms with Crippen LogP contribution in [0, 0.1) is 54.3 Å². The normalized spacial score (nSPS) is 9.08. The Morgan fingerprint density at radius 2 is 0.811 bits per heavy atom. The van der Waals surface area contributed by atoms with Crippen molar-refractivity contribution in [2.45, 2.75) is 48.5 Å². The van der Waals surface area contributed by atoms with Gasteiger partial charge in [0.15, 0.2) is 0 Å². The van der Waals surface area contributed by atoms with Gasteiger partial charge in [0.25, 0.3) is 0 Å². The quantitative estimate of drug-likeness (QED) is 0.193. The van der Waals surface area contributed by atoms with Crippen LogP contribution in [0.3, 0.4) is 0 Å². The Balaban J connectivity index is 0.000000232. The van der Waals surface area contributed by atoms with Gasteiger partial charge in [-0.2, -0.15) is 11.3 Å². The van der Waals surface area contributed by atoms with E-state index in [9.17, 15) is 4.39 Å². The molecule has 0 nitrogen and oxygen atoms in total. The van der Waals surface area contributed by atoms with Crippen molar-refractivity contribution in [2.75, 3.05) is 0 Å². The zero-order valence-corrected chi connectivity index (χ0v) is 24.1. The second kappa shape index (κ2) is 18.7. The van der Waals surface area contributed by atoms with Gasteiger partial charge in [-0.1, -0.05) is 119 Å². The van der Waals surface area contributed by atoms with Crippen molar-refractivity contribution < 1.29 is 4.39 Å². The molecule has 0 aliphatic rings. The van der Waals surface area contributed by atoms with E-state index in [2.05, 4.69) is 119 Å². The first-order valence-corrected chi connectivity index (χ1v) is 13.4. The molecule has 0 saturated carbocycles. The van der Waals surface area contributed by atoms with Crippen molar-refractivity contribution in [3.63, 3.8) is 0 Å². The second-order valence-electron chi connectivity index (χ2n) is 9.06. The lowest BCUT2D eigenvalue weighted by atomic mass is 10.2. The van der Waals surface area contributed by atoms with Gasteiger partial charge < -0.3 is 0 Å². The first kappa shape index (κ1) is 31.5. The van der Waals surface area contributed by atoms with Crippen LogP contribution in [0.2, 0.25) is 0 Å². The standard InChI is InChI=1S/2C8H10.C7H7F.C7H8.C5H6S/c2*1-7-3-5-8(2)6-4-7;1-6-3-2-4-7(8)5-6;1-7-5-3-2-4-6-7;1-5-2-3-6-4-5/h2*3-6H,1-2H3;2-5H,1H3;2-6H,1H3;2-4H,1H3. The molecule has 5 aromatic rings. The van der Waals surface area contributed by atoms with Gasteiger partial charge in [0.2, 0.25) is 0 Å². The lowest BCUT2D eigenvalue weighted by molar-refractivity contribution is 0.626. The number of rotatable bonds is 0. The molecule has 0 spiro atoms. The molecule has 5 rings (SSSR count). The van der Waals surface area contributed by atoms with Crippen LogP contribution in [0.1, 0.15) is 38.9 Å². The maximum atomic E-state index is 12.2. The summed E-state index contributed by atoms with van der Waals surface area (Å²) in [4.78, 5) is 0. The number of thiophene rings is 1. The van der Waals surface area contributed by atoms with Gasteiger partial charge in [-0.25, -0.2) is 4.39 Å². The number of hydrogen-bond acceptors (Lipinski definition) is 1. The average molecular weight is 513 g/mol. The zero-order valence-electron chi connectivity index (χ0n) is 23.3. The maximum Gasteiger partial charge on any atom is 0.123 e. The molecule has 0 aliphatic heterocycles. The molecule has 1 aromatic heterocycles. The highest BCUT2D eigenvalue weighted by molar-refractivity contribution is 7.07. The molecule has 37 heavy (non-hydrogen) atoms. The van der Waals surface area contributed by atoms with E-state index >= 15 is 0 Å². The van der Waals surface area contributed by atoms with E-state index in [-0.39, 0.29) is 5.82 Å². The van der Waals surface area contributed by atoms with Crippen molar-refractivity contribution in [3.05, 3.63) is 165 Å². The summed E-state index contributed by atoms with van der Waals surface area (Å²) in [5, 5.41) is 4.20. The van der Waals surface area contributed by atoms with E-state index in [0.29, 0.717) is 0 Å². The van der Waals surface area contributed by atoms with E-state index in [1.807, 2.05) is 31.2 Å². The molecule has 2 heteroatoms. The summed E-state index contributed by atoms with van der Waals surface area (Å²) in [6.45, 7) is 14.4. The minimum Gasteiger partial charge on any atom is -0.207 e. The molecule has 0 amide bonds. The summed E-state index contributed by atoms with van der Waals surface area (Å²) < 4.78 is 12.2. The van der Waals surface area contributed by atoms with E-state index < -0.39 is 0 Å². The molecular formula is C35H41FS. The predicted octanol–water partition coefficient (Wildman–Crippen LogP) is 10.8. The van der Waals surface area contributed by atoms with Gasteiger partial charge in [0.1, 0.15) is 5.82 Å². The molecule has 0 aliphatic carbocycles. The summed E-state index contributed by atoms with van der Waals surface area (Å²) >= 11 is 1.74. The minimum absolute atomic E-state index is 0.162. The van der Waals surface area contributed by atoms with E-state index in [0.717, 1.165) is 5.56 Å². The summed E-state index contributed by atoms with van der Waals surface area (Å²) in [6.07, 6.45) is 0. The smallest absolute Gasteiger partial charge is 0.123 e. The number of hydrogen-bond donors (Lipinski definition) is 0. The van der Waals surface area contributed by atoms with Gasteiger partial charge in [-0.3, -0.25) is 0 Å². The van der Waals surface area contributed by atoms with E-state index in [4.69, 9.17) is 0 Å². The highest BCUT2D eigenvalue weighted by Crippen LogP contribution is 2.02. The average Bonchev–Trinajstić information content (AvgIpc) is 3.36. The molecule has 0 unspecified atom stereocenters. The molecule has 1 heterocycles. The summed E-state index contributed by atoms with van der Waals surface area (Å²) in [7, 11) is 0. The fraction of sp³-hybridized carbons (Fsp3) is 0.200. The molecule has 0 bridgehead atoms. The van der Waals surface area contributed by atoms with Crippen LogP contribution in [0.15, 0.2) is 120 Å². The minimum atomic E-state index is -0.162. The molecular weight excluding hydrogens is 471 g/mol. The summed E-state index contributed by atoms with van der Waals surface area (Å²) in [6, 6.07) is 35.8. The van der Waals surface area contributed by atoms with Crippen molar-refractivity contribution in [3.8, 4) is 0 Å². The van der Waals surface area contributed by atoms with Crippen LogP contribution in [0.5, 0.6) is 0 Å². The van der Waals surface area contributed by atoms with E-state index in [1.54, 1.807) is 17.4 Å². The molecule has 0 N–H and O–H groups in total. The monoisotopic (exact) mass is 512 g/mol. The SMILES string of the molecule is Cc1ccc(C)cc1.Cc1ccc(C)cc1.Cc1cccc(F)c1.Cc1ccccc1.Cc1ccsc1. The Morgan fingerprint density at radius 3 is 1.03 bits per heavy atom. The molecule has 0 radical (unpaired) electrons. The fourth-order valence-electron chi connectivity index (χ4n) is 2.75. The van der Waals surface area contributed by atoms with Gasteiger partial charge in [0, 0.05) is 0 Å². The Bertz CT molecular complexity index is 1100. The Morgan fingerprint density at radius 1 is 0.405 bits per heavy atom. The van der Waals surface area contributed by atoms with Gasteiger partial charge in [-0.05, 0) is 88.6 Å². The predicted molar refractivity (Wildman–Crippen MR) is 163 cm³/mol. The third-order valence-electron chi connectivity index (χ3n) is 5.02. The zero-order chi connectivity index (χ0) is 27.5. The molecule has 0 fully saturated rings. The second-order valence-corrected chi connectivity index (χ2v) is 9.84. The van der Waals surface area contributed by atoms with Crippen LogP contribution >= 0.6 is 11.3 Å². The van der Waals surface area contributed by atoms with E-state index in [1.165, 1.54) is 45.5 Å². The summed E-state index contributed by atoms with van der Waals surface area (Å²) in [5.74, 6) is -0.162. The van der Waals surface area contributed by atoms with Gasteiger partial charge >= 0.3 is 0 Å². The lowest BCUT2D eigenvalue weighted by Crippen LogP contribution is -1.72. The lowest BCUT2D eigenvalue weighted by Gasteiger charge is -1.90. The third kappa shape index (κ3) is 17.6. The molecule has 0 atom stereocenters. The number of benzene rings is 4. The van der Waals surface area contributed by atoms with Crippen LogP contribution in [0.4, 0.5) is 4.39 Å². The molecule has 0 saturated heterocycles. The number of aryl methyl sites for hydroxylation is 7. The van der Waals surface area contributed by atoms with Crippen molar-refractivity contribution in [1.29, 1.82) is 0 Å². The van der Waals surface area contributed by atoms with Crippen molar-refractivity contribution in [1.82, 2.24) is 0 Å². The fourth-order valence-corrected chi connectivity index (χ4v) is 3.41. The third-order valence-corrected chi connectivity index (χ3v) is 5.82.